The maximum atomic E-state index is 12.1. The van der Waals surface area contributed by atoms with Crippen molar-refractivity contribution < 1.29 is 13.9 Å². The second kappa shape index (κ2) is 8.34. The van der Waals surface area contributed by atoms with Gasteiger partial charge in [-0.25, -0.2) is 4.98 Å². The van der Waals surface area contributed by atoms with E-state index in [9.17, 15) is 4.79 Å². The van der Waals surface area contributed by atoms with Crippen LogP contribution < -0.4 is 10.1 Å². The molecule has 1 heterocycles. The van der Waals surface area contributed by atoms with E-state index in [1.165, 1.54) is 0 Å². The number of benzene rings is 2. The van der Waals surface area contributed by atoms with Crippen molar-refractivity contribution in [2.24, 2.45) is 0 Å². The molecular weight excluding hydrogens is 328 g/mol. The summed E-state index contributed by atoms with van der Waals surface area (Å²) in [4.78, 5) is 16.3. The molecule has 3 aromatic rings. The van der Waals surface area contributed by atoms with E-state index in [1.54, 1.807) is 6.20 Å². The Morgan fingerprint density at radius 1 is 1.12 bits per heavy atom. The molecule has 0 saturated heterocycles. The van der Waals surface area contributed by atoms with Gasteiger partial charge in [-0.2, -0.15) is 0 Å². The summed E-state index contributed by atoms with van der Waals surface area (Å²) in [6.07, 6.45) is 2.45. The van der Waals surface area contributed by atoms with Crippen molar-refractivity contribution in [3.63, 3.8) is 0 Å². The third-order valence-electron chi connectivity index (χ3n) is 3.90. The number of carbonyl (C=O) groups excluding carboxylic acids is 1. The Balaban J connectivity index is 1.54. The Bertz CT molecular complexity index is 852. The van der Waals surface area contributed by atoms with E-state index in [2.05, 4.69) is 10.3 Å². The van der Waals surface area contributed by atoms with Gasteiger partial charge in [-0.15, -0.1) is 0 Å². The number of nitrogens with one attached hydrogen (secondary N) is 1. The highest BCUT2D eigenvalue weighted by molar-refractivity contribution is 5.90. The second-order valence-electron chi connectivity index (χ2n) is 5.99. The zero-order chi connectivity index (χ0) is 18.4. The Morgan fingerprint density at radius 3 is 2.54 bits per heavy atom. The fourth-order valence-corrected chi connectivity index (χ4v) is 2.52. The molecule has 26 heavy (non-hydrogen) atoms. The van der Waals surface area contributed by atoms with Crippen LogP contribution in [-0.2, 0) is 11.2 Å². The van der Waals surface area contributed by atoms with E-state index in [4.69, 9.17) is 9.15 Å². The molecule has 1 aromatic heterocycles. The molecular formula is C21H22N2O3. The summed E-state index contributed by atoms with van der Waals surface area (Å²) < 4.78 is 11.2. The van der Waals surface area contributed by atoms with Gasteiger partial charge in [0.2, 0.25) is 5.91 Å². The number of aromatic nitrogens is 1. The first kappa shape index (κ1) is 17.7. The molecule has 1 amide bonds. The molecule has 5 nitrogen and oxygen atoms in total. The van der Waals surface area contributed by atoms with Crippen LogP contribution in [0.5, 0.6) is 5.75 Å². The van der Waals surface area contributed by atoms with Gasteiger partial charge < -0.3 is 14.5 Å². The number of anilines is 1. The predicted molar refractivity (Wildman–Crippen MR) is 101 cm³/mol. The summed E-state index contributed by atoms with van der Waals surface area (Å²) in [6, 6.07) is 15.4. The molecule has 0 aliphatic heterocycles. The van der Waals surface area contributed by atoms with Gasteiger partial charge in [-0.1, -0.05) is 17.7 Å². The molecule has 0 aliphatic carbocycles. The average Bonchev–Trinajstić information content (AvgIpc) is 3.12. The van der Waals surface area contributed by atoms with E-state index in [1.807, 2.05) is 62.4 Å². The summed E-state index contributed by atoms with van der Waals surface area (Å²) >= 11 is 0. The van der Waals surface area contributed by atoms with E-state index in [0.29, 0.717) is 31.1 Å². The second-order valence-corrected chi connectivity index (χ2v) is 5.99. The van der Waals surface area contributed by atoms with Crippen LogP contribution in [0.4, 0.5) is 5.69 Å². The minimum atomic E-state index is -0.0605. The summed E-state index contributed by atoms with van der Waals surface area (Å²) in [5.74, 6) is 1.99. The number of hydrogen-bond acceptors (Lipinski definition) is 4. The van der Waals surface area contributed by atoms with Crippen molar-refractivity contribution in [3.05, 3.63) is 66.2 Å². The number of ether oxygens (including phenoxy) is 1. The SMILES string of the molecule is CCOc1ccc(-c2cnc(CCC(=O)Nc3ccc(C)cc3)o2)cc1. The smallest absolute Gasteiger partial charge is 0.224 e. The molecule has 0 fully saturated rings. The van der Waals surface area contributed by atoms with Crippen molar-refractivity contribution in [2.45, 2.75) is 26.7 Å². The number of hydrogen-bond donors (Lipinski definition) is 1. The number of oxazole rings is 1. The molecule has 0 bridgehead atoms. The number of nitrogens with zero attached hydrogens (tertiary/aromatic N) is 1. The minimum absolute atomic E-state index is 0.0605. The lowest BCUT2D eigenvalue weighted by atomic mass is 10.2. The number of amides is 1. The van der Waals surface area contributed by atoms with Crippen molar-refractivity contribution in [2.75, 3.05) is 11.9 Å². The maximum absolute atomic E-state index is 12.1. The Kier molecular flexibility index (Phi) is 5.69. The van der Waals surface area contributed by atoms with Crippen LogP contribution >= 0.6 is 0 Å². The molecule has 0 unspecified atom stereocenters. The highest BCUT2D eigenvalue weighted by Gasteiger charge is 2.09. The van der Waals surface area contributed by atoms with Gasteiger partial charge in [-0.05, 0) is 50.2 Å². The summed E-state index contributed by atoms with van der Waals surface area (Å²) in [6.45, 7) is 4.60. The van der Waals surface area contributed by atoms with E-state index in [-0.39, 0.29) is 5.91 Å². The fraction of sp³-hybridized carbons (Fsp3) is 0.238. The van der Waals surface area contributed by atoms with Gasteiger partial charge >= 0.3 is 0 Å². The molecule has 0 aliphatic rings. The van der Waals surface area contributed by atoms with Gasteiger partial charge in [0.15, 0.2) is 11.7 Å². The van der Waals surface area contributed by atoms with Gasteiger partial charge in [0, 0.05) is 24.1 Å². The maximum Gasteiger partial charge on any atom is 0.224 e. The molecule has 0 radical (unpaired) electrons. The first-order chi connectivity index (χ1) is 12.6. The van der Waals surface area contributed by atoms with Gasteiger partial charge in [0.1, 0.15) is 5.75 Å². The standard InChI is InChI=1S/C21H22N2O3/c1-3-25-18-10-6-16(7-11-18)19-14-22-21(26-19)13-12-20(24)23-17-8-4-15(2)5-9-17/h4-11,14H,3,12-13H2,1-2H3,(H,23,24). The van der Waals surface area contributed by atoms with Crippen molar-refractivity contribution in [3.8, 4) is 17.1 Å². The van der Waals surface area contributed by atoms with Crippen LogP contribution in [0.25, 0.3) is 11.3 Å². The molecule has 134 valence electrons. The number of carbonyl (C=O) groups is 1. The lowest BCUT2D eigenvalue weighted by Crippen LogP contribution is -2.12. The molecule has 0 saturated carbocycles. The lowest BCUT2D eigenvalue weighted by Gasteiger charge is -2.04. The third-order valence-corrected chi connectivity index (χ3v) is 3.90. The molecule has 3 rings (SSSR count). The van der Waals surface area contributed by atoms with Crippen molar-refractivity contribution >= 4 is 11.6 Å². The highest BCUT2D eigenvalue weighted by Crippen LogP contribution is 2.23. The minimum Gasteiger partial charge on any atom is -0.494 e. The zero-order valence-electron chi connectivity index (χ0n) is 15.0. The van der Waals surface area contributed by atoms with Crippen LogP contribution in [-0.4, -0.2) is 17.5 Å². The van der Waals surface area contributed by atoms with Gasteiger partial charge in [0.25, 0.3) is 0 Å². The van der Waals surface area contributed by atoms with Crippen LogP contribution in [0.15, 0.2) is 59.1 Å². The topological polar surface area (TPSA) is 64.4 Å². The molecule has 2 aromatic carbocycles. The third kappa shape index (κ3) is 4.72. The van der Waals surface area contributed by atoms with Crippen LogP contribution in [0.2, 0.25) is 0 Å². The molecule has 5 heteroatoms. The largest absolute Gasteiger partial charge is 0.494 e. The Morgan fingerprint density at radius 2 is 1.85 bits per heavy atom. The van der Waals surface area contributed by atoms with Crippen LogP contribution in [0, 0.1) is 6.92 Å². The average molecular weight is 350 g/mol. The molecule has 1 N–H and O–H groups in total. The zero-order valence-corrected chi connectivity index (χ0v) is 15.0. The number of aryl methyl sites for hydroxylation is 2. The Labute approximate surface area is 153 Å². The van der Waals surface area contributed by atoms with E-state index >= 15 is 0 Å². The van der Waals surface area contributed by atoms with Gasteiger partial charge in [0.05, 0.1) is 12.8 Å². The monoisotopic (exact) mass is 350 g/mol. The van der Waals surface area contributed by atoms with E-state index < -0.39 is 0 Å². The number of rotatable bonds is 7. The normalized spacial score (nSPS) is 10.5. The van der Waals surface area contributed by atoms with E-state index in [0.717, 1.165) is 22.6 Å². The highest BCUT2D eigenvalue weighted by atomic mass is 16.5. The predicted octanol–water partition coefficient (Wildman–Crippen LogP) is 4.62. The first-order valence-corrected chi connectivity index (χ1v) is 8.68. The fourth-order valence-electron chi connectivity index (χ4n) is 2.52. The molecule has 0 spiro atoms. The quantitative estimate of drug-likeness (QED) is 0.675. The summed E-state index contributed by atoms with van der Waals surface area (Å²) in [5, 5.41) is 2.87. The Hall–Kier alpha value is -3.08. The van der Waals surface area contributed by atoms with Crippen molar-refractivity contribution in [1.29, 1.82) is 0 Å². The molecule has 0 atom stereocenters. The van der Waals surface area contributed by atoms with Crippen LogP contribution in [0.1, 0.15) is 24.8 Å². The first-order valence-electron chi connectivity index (χ1n) is 8.68. The lowest BCUT2D eigenvalue weighted by molar-refractivity contribution is -0.116. The van der Waals surface area contributed by atoms with Crippen LogP contribution in [0.3, 0.4) is 0 Å². The summed E-state index contributed by atoms with van der Waals surface area (Å²) in [5.41, 5.74) is 2.88. The van der Waals surface area contributed by atoms with Gasteiger partial charge in [-0.3, -0.25) is 4.79 Å². The van der Waals surface area contributed by atoms with Crippen molar-refractivity contribution in [1.82, 2.24) is 4.98 Å². The summed E-state index contributed by atoms with van der Waals surface area (Å²) in [7, 11) is 0.